The molecule has 0 unspecified atom stereocenters. The van der Waals surface area contributed by atoms with Gasteiger partial charge < -0.3 is 9.64 Å². The number of esters is 1. The molecule has 0 aliphatic carbocycles. The second-order valence-electron chi connectivity index (χ2n) is 5.23. The maximum atomic E-state index is 12.1. The molecule has 2 aromatic carbocycles. The Morgan fingerprint density at radius 1 is 1.20 bits per heavy atom. The van der Waals surface area contributed by atoms with Crippen LogP contribution in [0.2, 0.25) is 5.02 Å². The first-order chi connectivity index (χ1) is 11.9. The van der Waals surface area contributed by atoms with Gasteiger partial charge in [-0.15, -0.1) is 0 Å². The fourth-order valence-electron chi connectivity index (χ4n) is 2.09. The first-order valence-electron chi connectivity index (χ1n) is 7.27. The smallest absolute Gasteiger partial charge is 0.345 e. The van der Waals surface area contributed by atoms with E-state index in [1.165, 1.54) is 11.0 Å². The van der Waals surface area contributed by atoms with Crippen LogP contribution in [0, 0.1) is 10.1 Å². The highest BCUT2D eigenvalue weighted by Crippen LogP contribution is 2.23. The Labute approximate surface area is 148 Å². The highest BCUT2D eigenvalue weighted by Gasteiger charge is 2.23. The largest absolute Gasteiger partial charge is 0.452 e. The van der Waals surface area contributed by atoms with E-state index in [1.54, 1.807) is 7.05 Å². The summed E-state index contributed by atoms with van der Waals surface area (Å²) in [5.74, 6) is -1.41. The minimum Gasteiger partial charge on any atom is -0.452 e. The van der Waals surface area contributed by atoms with Gasteiger partial charge in [-0.25, -0.2) is 4.79 Å². The molecule has 0 N–H and O–H groups in total. The Balaban J connectivity index is 1.99. The van der Waals surface area contributed by atoms with Gasteiger partial charge >= 0.3 is 5.97 Å². The van der Waals surface area contributed by atoms with Crippen LogP contribution in [0.5, 0.6) is 0 Å². The van der Waals surface area contributed by atoms with Crippen LogP contribution in [0.3, 0.4) is 0 Å². The Morgan fingerprint density at radius 2 is 1.88 bits per heavy atom. The minimum atomic E-state index is -0.976. The number of likely N-dealkylation sites (N-methyl/N-ethyl adjacent to an activating group) is 1. The number of hydrogen-bond acceptors (Lipinski definition) is 5. The summed E-state index contributed by atoms with van der Waals surface area (Å²) >= 11 is 5.76. The van der Waals surface area contributed by atoms with Gasteiger partial charge in [-0.3, -0.25) is 14.9 Å². The van der Waals surface area contributed by atoms with Crippen molar-refractivity contribution in [3.8, 4) is 0 Å². The topological polar surface area (TPSA) is 89.8 Å². The Bertz CT molecular complexity index is 795. The first kappa shape index (κ1) is 18.4. The normalized spacial score (nSPS) is 10.2. The molecule has 0 saturated heterocycles. The van der Waals surface area contributed by atoms with Crippen molar-refractivity contribution in [2.45, 2.75) is 6.54 Å². The number of hydrogen-bond donors (Lipinski definition) is 0. The van der Waals surface area contributed by atoms with Crippen molar-refractivity contribution in [1.29, 1.82) is 0 Å². The van der Waals surface area contributed by atoms with Gasteiger partial charge in [0, 0.05) is 24.7 Å². The summed E-state index contributed by atoms with van der Waals surface area (Å²) in [6.07, 6.45) is 0. The summed E-state index contributed by atoms with van der Waals surface area (Å²) in [7, 11) is 1.57. The van der Waals surface area contributed by atoms with E-state index in [1.807, 2.05) is 30.3 Å². The highest BCUT2D eigenvalue weighted by atomic mass is 35.5. The van der Waals surface area contributed by atoms with E-state index >= 15 is 0 Å². The fourth-order valence-corrected chi connectivity index (χ4v) is 2.26. The zero-order valence-electron chi connectivity index (χ0n) is 13.3. The zero-order valence-corrected chi connectivity index (χ0v) is 14.1. The van der Waals surface area contributed by atoms with Gasteiger partial charge in [0.2, 0.25) is 0 Å². The molecule has 7 nitrogen and oxygen atoms in total. The number of ether oxygens (including phenoxy) is 1. The van der Waals surface area contributed by atoms with Crippen LogP contribution in [0.1, 0.15) is 15.9 Å². The van der Waals surface area contributed by atoms with E-state index in [9.17, 15) is 19.7 Å². The molecular weight excluding hydrogens is 348 g/mol. The molecule has 2 rings (SSSR count). The fraction of sp³-hybridized carbons (Fsp3) is 0.176. The molecule has 0 spiro atoms. The lowest BCUT2D eigenvalue weighted by Gasteiger charge is -2.17. The molecule has 0 saturated carbocycles. The molecule has 0 heterocycles. The van der Waals surface area contributed by atoms with Crippen LogP contribution in [0.25, 0.3) is 0 Å². The Kier molecular flexibility index (Phi) is 6.08. The van der Waals surface area contributed by atoms with Crippen molar-refractivity contribution < 1.29 is 19.2 Å². The number of benzene rings is 2. The number of nitro benzene ring substituents is 1. The van der Waals surface area contributed by atoms with Crippen LogP contribution < -0.4 is 0 Å². The lowest BCUT2D eigenvalue weighted by Crippen LogP contribution is -2.30. The van der Waals surface area contributed by atoms with Gasteiger partial charge in [-0.05, 0) is 17.7 Å². The van der Waals surface area contributed by atoms with Crippen LogP contribution in [-0.4, -0.2) is 35.4 Å². The number of nitro groups is 1. The quantitative estimate of drug-likeness (QED) is 0.447. The number of halogens is 1. The molecule has 130 valence electrons. The summed E-state index contributed by atoms with van der Waals surface area (Å²) in [5.41, 5.74) is 0.200. The number of carbonyl (C=O) groups excluding carboxylic acids is 2. The molecule has 1 amide bonds. The SMILES string of the molecule is CN(Cc1ccccc1)C(=O)COC(=O)c1cc(Cl)ccc1[N+](=O)[O-]. The number of nitrogens with zero attached hydrogens (tertiary/aromatic N) is 2. The van der Waals surface area contributed by atoms with Gasteiger partial charge in [0.05, 0.1) is 4.92 Å². The maximum Gasteiger partial charge on any atom is 0.345 e. The lowest BCUT2D eigenvalue weighted by molar-refractivity contribution is -0.385. The van der Waals surface area contributed by atoms with E-state index < -0.39 is 29.1 Å². The van der Waals surface area contributed by atoms with Crippen molar-refractivity contribution in [2.75, 3.05) is 13.7 Å². The van der Waals surface area contributed by atoms with Crippen molar-refractivity contribution >= 4 is 29.2 Å². The predicted octanol–water partition coefficient (Wildman–Crippen LogP) is 3.06. The maximum absolute atomic E-state index is 12.1. The minimum absolute atomic E-state index is 0.157. The molecule has 0 aliphatic heterocycles. The van der Waals surface area contributed by atoms with Crippen molar-refractivity contribution in [1.82, 2.24) is 4.90 Å². The van der Waals surface area contributed by atoms with Gasteiger partial charge in [-0.1, -0.05) is 41.9 Å². The molecular formula is C17H15ClN2O5. The summed E-state index contributed by atoms with van der Waals surface area (Å²) in [6, 6.07) is 12.9. The Hall–Kier alpha value is -2.93. The standard InChI is InChI=1S/C17H15ClN2O5/c1-19(10-12-5-3-2-4-6-12)16(21)11-25-17(22)14-9-13(18)7-8-15(14)20(23)24/h2-9H,10-11H2,1H3. The zero-order chi connectivity index (χ0) is 18.4. The molecule has 8 heteroatoms. The number of amides is 1. The summed E-state index contributed by atoms with van der Waals surface area (Å²) in [5, 5.41) is 11.1. The van der Waals surface area contributed by atoms with Crippen molar-refractivity contribution in [3.63, 3.8) is 0 Å². The molecule has 0 atom stereocenters. The lowest BCUT2D eigenvalue weighted by atomic mass is 10.2. The van der Waals surface area contributed by atoms with Crippen LogP contribution in [0.15, 0.2) is 48.5 Å². The molecule has 25 heavy (non-hydrogen) atoms. The third-order valence-corrected chi connectivity index (χ3v) is 3.63. The van der Waals surface area contributed by atoms with Crippen molar-refractivity contribution in [3.05, 3.63) is 74.8 Å². The highest BCUT2D eigenvalue weighted by molar-refractivity contribution is 6.31. The molecule has 2 aromatic rings. The third-order valence-electron chi connectivity index (χ3n) is 3.39. The average Bonchev–Trinajstić information content (AvgIpc) is 2.59. The van der Waals surface area contributed by atoms with Gasteiger partial charge in [0.15, 0.2) is 6.61 Å². The number of carbonyl (C=O) groups is 2. The first-order valence-corrected chi connectivity index (χ1v) is 7.65. The average molecular weight is 363 g/mol. The van der Waals surface area contributed by atoms with E-state index in [0.29, 0.717) is 6.54 Å². The van der Waals surface area contributed by atoms with Crippen LogP contribution in [-0.2, 0) is 16.1 Å². The van der Waals surface area contributed by atoms with Crippen LogP contribution in [0.4, 0.5) is 5.69 Å². The molecule has 0 aliphatic rings. The van der Waals surface area contributed by atoms with E-state index in [-0.39, 0.29) is 10.6 Å². The van der Waals surface area contributed by atoms with Crippen LogP contribution >= 0.6 is 11.6 Å². The second-order valence-corrected chi connectivity index (χ2v) is 5.67. The van der Waals surface area contributed by atoms with Gasteiger partial charge in [-0.2, -0.15) is 0 Å². The van der Waals surface area contributed by atoms with Gasteiger partial charge in [0.1, 0.15) is 5.56 Å². The summed E-state index contributed by atoms with van der Waals surface area (Å²) in [4.78, 5) is 35.8. The van der Waals surface area contributed by atoms with E-state index in [4.69, 9.17) is 16.3 Å². The van der Waals surface area contributed by atoms with Gasteiger partial charge in [0.25, 0.3) is 11.6 Å². The second kappa shape index (κ2) is 8.25. The number of rotatable bonds is 6. The molecule has 0 bridgehead atoms. The predicted molar refractivity (Wildman–Crippen MR) is 91.3 cm³/mol. The summed E-state index contributed by atoms with van der Waals surface area (Å²) in [6.45, 7) is -0.166. The Morgan fingerprint density at radius 3 is 2.52 bits per heavy atom. The monoisotopic (exact) mass is 362 g/mol. The van der Waals surface area contributed by atoms with E-state index in [2.05, 4.69) is 0 Å². The van der Waals surface area contributed by atoms with E-state index in [0.717, 1.165) is 17.7 Å². The molecule has 0 aromatic heterocycles. The third kappa shape index (κ3) is 5.02. The van der Waals surface area contributed by atoms with Crippen molar-refractivity contribution in [2.24, 2.45) is 0 Å². The molecule has 0 fully saturated rings. The summed E-state index contributed by atoms with van der Waals surface area (Å²) < 4.78 is 4.90. The molecule has 0 radical (unpaired) electrons.